The van der Waals surface area contributed by atoms with Crippen LogP contribution in [-0.4, -0.2) is 43.7 Å². The third-order valence-electron chi connectivity index (χ3n) is 6.19. The maximum Gasteiger partial charge on any atom is 0.243 e. The first-order valence-electron chi connectivity index (χ1n) is 10.8. The normalized spacial score (nSPS) is 21.0. The van der Waals surface area contributed by atoms with E-state index < -0.39 is 21.8 Å². The first kappa shape index (κ1) is 23.7. The van der Waals surface area contributed by atoms with Gasteiger partial charge in [-0.3, -0.25) is 9.59 Å². The highest BCUT2D eigenvalue weighted by molar-refractivity contribution is 7.89. The number of fused-ring (bicyclic) bond motifs is 1. The zero-order valence-corrected chi connectivity index (χ0v) is 19.9. The summed E-state index contributed by atoms with van der Waals surface area (Å²) in [6.45, 7) is 3.80. The number of hydrogen-bond acceptors (Lipinski definition) is 4. The van der Waals surface area contributed by atoms with E-state index in [0.29, 0.717) is 31.5 Å². The fourth-order valence-corrected chi connectivity index (χ4v) is 6.35. The molecule has 0 aliphatic carbocycles. The van der Waals surface area contributed by atoms with Gasteiger partial charge in [0, 0.05) is 37.4 Å². The molecule has 1 saturated heterocycles. The van der Waals surface area contributed by atoms with Crippen LogP contribution in [0.4, 0.5) is 15.8 Å². The second-order valence-electron chi connectivity index (χ2n) is 8.55. The van der Waals surface area contributed by atoms with Crippen molar-refractivity contribution in [3.8, 4) is 0 Å². The molecule has 1 N–H and O–H groups in total. The smallest absolute Gasteiger partial charge is 0.243 e. The molecule has 2 aliphatic heterocycles. The van der Waals surface area contributed by atoms with Crippen LogP contribution in [0.15, 0.2) is 41.3 Å². The maximum absolute atomic E-state index is 13.4. The Morgan fingerprint density at radius 2 is 1.94 bits per heavy atom. The molecule has 0 saturated carbocycles. The van der Waals surface area contributed by atoms with Crippen LogP contribution in [0, 0.1) is 11.7 Å². The van der Waals surface area contributed by atoms with Crippen molar-refractivity contribution in [2.24, 2.45) is 5.92 Å². The summed E-state index contributed by atoms with van der Waals surface area (Å²) in [6, 6.07) is 8.70. The zero-order valence-electron chi connectivity index (χ0n) is 18.3. The lowest BCUT2D eigenvalue weighted by molar-refractivity contribution is -0.121. The van der Waals surface area contributed by atoms with Crippen LogP contribution in [-0.2, 0) is 26.0 Å². The number of nitrogens with zero attached hydrogens (tertiary/aromatic N) is 2. The van der Waals surface area contributed by atoms with Gasteiger partial charge in [0.2, 0.25) is 21.8 Å². The fraction of sp³-hybridized carbons (Fsp3) is 0.391. The van der Waals surface area contributed by atoms with E-state index in [4.69, 9.17) is 11.6 Å². The van der Waals surface area contributed by atoms with Gasteiger partial charge in [-0.2, -0.15) is 4.31 Å². The van der Waals surface area contributed by atoms with Crippen molar-refractivity contribution < 1.29 is 22.4 Å². The summed E-state index contributed by atoms with van der Waals surface area (Å²) < 4.78 is 41.4. The van der Waals surface area contributed by atoms with E-state index in [-0.39, 0.29) is 34.3 Å². The average molecular weight is 494 g/mol. The minimum atomic E-state index is -3.81. The molecule has 0 unspecified atom stereocenters. The van der Waals surface area contributed by atoms with Gasteiger partial charge in [-0.1, -0.05) is 11.6 Å². The third kappa shape index (κ3) is 4.62. The molecule has 7 nitrogen and oxygen atoms in total. The Bertz CT molecular complexity index is 1220. The minimum Gasteiger partial charge on any atom is -0.326 e. The lowest BCUT2D eigenvalue weighted by atomic mass is 9.99. The van der Waals surface area contributed by atoms with Crippen molar-refractivity contribution in [2.45, 2.75) is 44.0 Å². The van der Waals surface area contributed by atoms with E-state index in [1.807, 2.05) is 6.92 Å². The fourth-order valence-electron chi connectivity index (χ4n) is 4.59. The van der Waals surface area contributed by atoms with E-state index in [1.165, 1.54) is 29.4 Å². The van der Waals surface area contributed by atoms with Gasteiger partial charge in [-0.25, -0.2) is 12.8 Å². The van der Waals surface area contributed by atoms with E-state index >= 15 is 0 Å². The summed E-state index contributed by atoms with van der Waals surface area (Å²) in [4.78, 5) is 26.5. The number of rotatable bonds is 4. The van der Waals surface area contributed by atoms with Gasteiger partial charge in [0.25, 0.3) is 0 Å². The lowest BCUT2D eigenvalue weighted by Crippen LogP contribution is -2.43. The Morgan fingerprint density at radius 3 is 2.64 bits per heavy atom. The average Bonchev–Trinajstić information content (AvgIpc) is 3.11. The number of carbonyl (C=O) groups is 2. The lowest BCUT2D eigenvalue weighted by Gasteiger charge is -2.31. The number of benzene rings is 2. The molecule has 0 bridgehead atoms. The van der Waals surface area contributed by atoms with Gasteiger partial charge < -0.3 is 10.2 Å². The molecule has 176 valence electrons. The van der Waals surface area contributed by atoms with Gasteiger partial charge in [0.05, 0.1) is 15.8 Å². The van der Waals surface area contributed by atoms with Crippen molar-refractivity contribution in [1.82, 2.24) is 4.31 Å². The molecular formula is C23H25ClFN3O4S. The van der Waals surface area contributed by atoms with Crippen LogP contribution in [0.25, 0.3) is 0 Å². The Kier molecular flexibility index (Phi) is 6.48. The highest BCUT2D eigenvalue weighted by Gasteiger charge is 2.35. The highest BCUT2D eigenvalue weighted by Crippen LogP contribution is 2.35. The Balaban J connectivity index is 1.51. The van der Waals surface area contributed by atoms with Gasteiger partial charge in [-0.15, -0.1) is 0 Å². The molecule has 0 spiro atoms. The van der Waals surface area contributed by atoms with Crippen LogP contribution in [0.1, 0.15) is 32.3 Å². The van der Waals surface area contributed by atoms with Gasteiger partial charge in [-0.05, 0) is 68.1 Å². The second-order valence-corrected chi connectivity index (χ2v) is 10.9. The van der Waals surface area contributed by atoms with Gasteiger partial charge >= 0.3 is 0 Å². The molecule has 2 aromatic carbocycles. The number of sulfonamides is 1. The van der Waals surface area contributed by atoms with Crippen molar-refractivity contribution in [3.05, 3.63) is 52.8 Å². The molecule has 1 fully saturated rings. The van der Waals surface area contributed by atoms with E-state index in [9.17, 15) is 22.4 Å². The quantitative estimate of drug-likeness (QED) is 0.701. The first-order valence-corrected chi connectivity index (χ1v) is 12.6. The molecule has 4 rings (SSSR count). The first-order chi connectivity index (χ1) is 15.6. The predicted molar refractivity (Wildman–Crippen MR) is 124 cm³/mol. The summed E-state index contributed by atoms with van der Waals surface area (Å²) in [7, 11) is -3.81. The van der Waals surface area contributed by atoms with Crippen LogP contribution in [0.2, 0.25) is 5.02 Å². The van der Waals surface area contributed by atoms with Crippen LogP contribution in [0.5, 0.6) is 0 Å². The van der Waals surface area contributed by atoms with Crippen LogP contribution >= 0.6 is 11.6 Å². The second kappa shape index (κ2) is 9.04. The van der Waals surface area contributed by atoms with Crippen molar-refractivity contribution >= 4 is 44.8 Å². The number of halogens is 2. The molecular weight excluding hydrogens is 469 g/mol. The van der Waals surface area contributed by atoms with Crippen molar-refractivity contribution in [3.63, 3.8) is 0 Å². The number of piperidine rings is 1. The van der Waals surface area contributed by atoms with Crippen LogP contribution < -0.4 is 10.2 Å². The summed E-state index contributed by atoms with van der Waals surface area (Å²) in [6.07, 6.45) is 1.67. The number of anilines is 2. The summed E-state index contributed by atoms with van der Waals surface area (Å²) in [5.41, 5.74) is 1.91. The van der Waals surface area contributed by atoms with E-state index in [1.54, 1.807) is 17.0 Å². The van der Waals surface area contributed by atoms with Gasteiger partial charge in [0.15, 0.2) is 0 Å². The highest BCUT2D eigenvalue weighted by atomic mass is 35.5. The molecule has 2 atom stereocenters. The summed E-state index contributed by atoms with van der Waals surface area (Å²) in [5, 5.41) is 2.59. The molecule has 0 radical (unpaired) electrons. The molecule has 33 heavy (non-hydrogen) atoms. The Morgan fingerprint density at radius 1 is 1.18 bits per heavy atom. The Hall–Kier alpha value is -2.49. The zero-order chi connectivity index (χ0) is 23.9. The molecule has 0 aromatic heterocycles. The molecule has 2 aliphatic rings. The number of hydrogen-bond donors (Lipinski definition) is 1. The maximum atomic E-state index is 13.4. The number of carbonyl (C=O) groups excluding carboxylic acids is 2. The largest absolute Gasteiger partial charge is 0.326 e. The van der Waals surface area contributed by atoms with E-state index in [2.05, 4.69) is 5.32 Å². The Labute approximate surface area is 197 Å². The molecule has 2 amide bonds. The van der Waals surface area contributed by atoms with Gasteiger partial charge in [0.1, 0.15) is 5.82 Å². The number of nitrogens with one attached hydrogen (secondary N) is 1. The van der Waals surface area contributed by atoms with Crippen LogP contribution in [0.3, 0.4) is 0 Å². The minimum absolute atomic E-state index is 0.0292. The molecule has 2 heterocycles. The number of amides is 2. The SMILES string of the molecule is CC(=O)N1c2ccc(S(=O)(=O)N3CCC[C@H](C(=O)Nc4ccc(F)c(Cl)c4)C3)cc2C[C@H]1C. The summed E-state index contributed by atoms with van der Waals surface area (Å²) in [5.74, 6) is -1.54. The monoisotopic (exact) mass is 493 g/mol. The van der Waals surface area contributed by atoms with E-state index in [0.717, 1.165) is 17.3 Å². The molecule has 2 aromatic rings. The van der Waals surface area contributed by atoms with Crippen molar-refractivity contribution in [2.75, 3.05) is 23.3 Å². The summed E-state index contributed by atoms with van der Waals surface area (Å²) >= 11 is 5.77. The van der Waals surface area contributed by atoms with Crippen molar-refractivity contribution in [1.29, 1.82) is 0 Å². The molecule has 10 heteroatoms. The topological polar surface area (TPSA) is 86.8 Å². The third-order valence-corrected chi connectivity index (χ3v) is 8.34. The predicted octanol–water partition coefficient (Wildman–Crippen LogP) is 3.82. The standard InChI is InChI=1S/C23H25ClFN3O4S/c1-14-10-17-11-19(6-8-22(17)28(14)15(2)29)33(31,32)27-9-3-4-16(13-27)23(30)26-18-5-7-21(25)20(24)12-18/h5-8,11-12,14,16H,3-4,9-10,13H2,1-2H3,(H,26,30)/t14-,16+/m1/s1.